The second-order valence-electron chi connectivity index (χ2n) is 3.51. The van der Waals surface area contributed by atoms with Crippen molar-refractivity contribution in [1.29, 1.82) is 0 Å². The number of carbonyl (C=O) groups excluding carboxylic acids is 1. The topological polar surface area (TPSA) is 46.5 Å². The summed E-state index contributed by atoms with van der Waals surface area (Å²) in [5, 5.41) is 9.39. The van der Waals surface area contributed by atoms with Crippen molar-refractivity contribution in [3.05, 3.63) is 48.0 Å². The lowest BCUT2D eigenvalue weighted by Crippen LogP contribution is -2.18. The molecule has 1 N–H and O–H groups in total. The number of aliphatic hydroxyl groups excluding tert-OH is 1. The van der Waals surface area contributed by atoms with Crippen LogP contribution in [0.3, 0.4) is 0 Å². The van der Waals surface area contributed by atoms with Gasteiger partial charge in [-0.2, -0.15) is 0 Å². The molecule has 0 aliphatic heterocycles. The summed E-state index contributed by atoms with van der Waals surface area (Å²) < 4.78 is 5.01. The molecule has 0 unspecified atom stereocenters. The van der Waals surface area contributed by atoms with Crippen molar-refractivity contribution in [1.82, 2.24) is 0 Å². The molecule has 0 fully saturated rings. The van der Waals surface area contributed by atoms with Crippen LogP contribution in [0.4, 0.5) is 0 Å². The molecule has 0 spiro atoms. The van der Waals surface area contributed by atoms with Crippen molar-refractivity contribution >= 4 is 5.97 Å². The summed E-state index contributed by atoms with van der Waals surface area (Å²) in [5.41, 5.74) is 1.02. The third-order valence-electron chi connectivity index (χ3n) is 2.26. The van der Waals surface area contributed by atoms with Gasteiger partial charge in [0.15, 0.2) is 0 Å². The Morgan fingerprint density at radius 1 is 1.44 bits per heavy atom. The zero-order valence-electron chi connectivity index (χ0n) is 9.35. The number of esters is 1. The van der Waals surface area contributed by atoms with E-state index in [1.807, 2.05) is 30.3 Å². The van der Waals surface area contributed by atoms with Gasteiger partial charge in [-0.3, -0.25) is 0 Å². The van der Waals surface area contributed by atoms with Crippen LogP contribution in [0.5, 0.6) is 0 Å². The summed E-state index contributed by atoms with van der Waals surface area (Å²) in [6.45, 7) is 5.49. The molecule has 1 rings (SSSR count). The van der Waals surface area contributed by atoms with Crippen molar-refractivity contribution in [3.63, 3.8) is 0 Å². The third-order valence-corrected chi connectivity index (χ3v) is 2.26. The lowest BCUT2D eigenvalue weighted by Gasteiger charge is -2.10. The molecule has 0 radical (unpaired) electrons. The summed E-state index contributed by atoms with van der Waals surface area (Å²) >= 11 is 0. The highest BCUT2D eigenvalue weighted by Gasteiger charge is 2.15. The van der Waals surface area contributed by atoms with E-state index in [1.54, 1.807) is 6.92 Å². The minimum Gasteiger partial charge on any atom is -0.457 e. The minimum atomic E-state index is -0.816. The summed E-state index contributed by atoms with van der Waals surface area (Å²) in [5.74, 6) is -0.543. The molecule has 0 saturated heterocycles. The molecule has 16 heavy (non-hydrogen) atoms. The second kappa shape index (κ2) is 6.08. The fraction of sp³-hybridized carbons (Fsp3) is 0.308. The standard InChI is InChI=1S/C13H16O3/c1-3-12(14)10(2)13(15)16-9-11-7-5-4-6-8-11/h4-8,12,14H,2-3,9H2,1H3/t12-/m0/s1. The molecule has 0 aliphatic carbocycles. The molecule has 1 atom stereocenters. The average Bonchev–Trinajstić information content (AvgIpc) is 2.35. The van der Waals surface area contributed by atoms with Gasteiger partial charge in [-0.05, 0) is 12.0 Å². The highest BCUT2D eigenvalue weighted by atomic mass is 16.5. The molecule has 0 aromatic heterocycles. The molecule has 0 aliphatic rings. The van der Waals surface area contributed by atoms with Crippen LogP contribution in [0, 0.1) is 0 Å². The van der Waals surface area contributed by atoms with Crippen LogP contribution in [0.15, 0.2) is 42.5 Å². The van der Waals surface area contributed by atoms with E-state index < -0.39 is 12.1 Å². The first-order chi connectivity index (χ1) is 7.65. The van der Waals surface area contributed by atoms with Crippen molar-refractivity contribution in [2.45, 2.75) is 26.1 Å². The van der Waals surface area contributed by atoms with Gasteiger partial charge in [-0.1, -0.05) is 43.8 Å². The van der Waals surface area contributed by atoms with Crippen LogP contribution in [0.1, 0.15) is 18.9 Å². The van der Waals surface area contributed by atoms with Crippen LogP contribution in [0.2, 0.25) is 0 Å². The molecule has 0 heterocycles. The van der Waals surface area contributed by atoms with Crippen LogP contribution in [-0.4, -0.2) is 17.2 Å². The Bertz CT molecular complexity index is 357. The van der Waals surface area contributed by atoms with Gasteiger partial charge in [-0.15, -0.1) is 0 Å². The molecular weight excluding hydrogens is 204 g/mol. The summed E-state index contributed by atoms with van der Waals surface area (Å²) in [6.07, 6.45) is -0.359. The molecule has 3 nitrogen and oxygen atoms in total. The molecule has 1 aromatic rings. The van der Waals surface area contributed by atoms with Gasteiger partial charge in [0.05, 0.1) is 11.7 Å². The second-order valence-corrected chi connectivity index (χ2v) is 3.51. The van der Waals surface area contributed by atoms with Crippen molar-refractivity contribution in [3.8, 4) is 0 Å². The highest BCUT2D eigenvalue weighted by Crippen LogP contribution is 2.08. The van der Waals surface area contributed by atoms with Crippen LogP contribution in [0.25, 0.3) is 0 Å². The van der Waals surface area contributed by atoms with E-state index in [1.165, 1.54) is 0 Å². The van der Waals surface area contributed by atoms with Gasteiger partial charge < -0.3 is 9.84 Å². The largest absolute Gasteiger partial charge is 0.457 e. The Morgan fingerprint density at radius 2 is 2.06 bits per heavy atom. The molecule has 1 aromatic carbocycles. The van der Waals surface area contributed by atoms with Crippen LogP contribution < -0.4 is 0 Å². The number of ether oxygens (including phenoxy) is 1. The minimum absolute atomic E-state index is 0.110. The quantitative estimate of drug-likeness (QED) is 0.610. The Balaban J connectivity index is 2.44. The van der Waals surface area contributed by atoms with Gasteiger partial charge in [0.2, 0.25) is 0 Å². The third kappa shape index (κ3) is 3.51. The van der Waals surface area contributed by atoms with Crippen molar-refractivity contribution in [2.24, 2.45) is 0 Å². The Labute approximate surface area is 95.4 Å². The maximum Gasteiger partial charge on any atom is 0.336 e. The van der Waals surface area contributed by atoms with Gasteiger partial charge >= 0.3 is 5.97 Å². The molecule has 0 amide bonds. The number of rotatable bonds is 5. The molecule has 3 heteroatoms. The smallest absolute Gasteiger partial charge is 0.336 e. The van der Waals surface area contributed by atoms with Gasteiger partial charge in [0, 0.05) is 0 Å². The fourth-order valence-corrected chi connectivity index (χ4v) is 1.20. The van der Waals surface area contributed by atoms with Gasteiger partial charge in [0.25, 0.3) is 0 Å². The first kappa shape index (κ1) is 12.5. The van der Waals surface area contributed by atoms with Crippen LogP contribution >= 0.6 is 0 Å². The van der Waals surface area contributed by atoms with E-state index in [-0.39, 0.29) is 12.2 Å². The fourth-order valence-electron chi connectivity index (χ4n) is 1.20. The SMILES string of the molecule is C=C(C(=O)OCc1ccccc1)[C@@H](O)CC. The van der Waals surface area contributed by atoms with E-state index in [4.69, 9.17) is 4.74 Å². The van der Waals surface area contributed by atoms with Gasteiger partial charge in [0.1, 0.15) is 6.61 Å². The number of benzene rings is 1. The van der Waals surface area contributed by atoms with E-state index >= 15 is 0 Å². The Hall–Kier alpha value is -1.61. The maximum atomic E-state index is 11.4. The average molecular weight is 220 g/mol. The van der Waals surface area contributed by atoms with Crippen molar-refractivity contribution < 1.29 is 14.6 Å². The highest BCUT2D eigenvalue weighted by molar-refractivity contribution is 5.88. The van der Waals surface area contributed by atoms with E-state index in [0.717, 1.165) is 5.56 Å². The summed E-state index contributed by atoms with van der Waals surface area (Å²) in [7, 11) is 0. The summed E-state index contributed by atoms with van der Waals surface area (Å²) in [4.78, 5) is 11.4. The monoisotopic (exact) mass is 220 g/mol. The van der Waals surface area contributed by atoms with E-state index in [0.29, 0.717) is 6.42 Å². The molecule has 0 bridgehead atoms. The molecular formula is C13H16O3. The zero-order chi connectivity index (χ0) is 12.0. The Morgan fingerprint density at radius 3 is 2.62 bits per heavy atom. The Kier molecular flexibility index (Phi) is 4.73. The lowest BCUT2D eigenvalue weighted by atomic mass is 10.1. The molecule has 86 valence electrons. The maximum absolute atomic E-state index is 11.4. The molecule has 0 saturated carbocycles. The van der Waals surface area contributed by atoms with Crippen LogP contribution in [-0.2, 0) is 16.1 Å². The number of hydrogen-bond donors (Lipinski definition) is 1. The number of aliphatic hydroxyl groups is 1. The predicted molar refractivity (Wildman–Crippen MR) is 61.7 cm³/mol. The summed E-state index contributed by atoms with van der Waals surface area (Å²) in [6, 6.07) is 9.38. The normalized spacial score (nSPS) is 11.9. The number of carbonyl (C=O) groups is 1. The van der Waals surface area contributed by atoms with E-state index in [9.17, 15) is 9.90 Å². The van der Waals surface area contributed by atoms with Gasteiger partial charge in [-0.25, -0.2) is 4.79 Å². The van der Waals surface area contributed by atoms with Crippen molar-refractivity contribution in [2.75, 3.05) is 0 Å². The van der Waals surface area contributed by atoms with E-state index in [2.05, 4.69) is 6.58 Å². The zero-order valence-corrected chi connectivity index (χ0v) is 9.35. The first-order valence-electron chi connectivity index (χ1n) is 5.23. The first-order valence-corrected chi connectivity index (χ1v) is 5.23. The predicted octanol–water partition coefficient (Wildman–Crippen LogP) is 2.06. The number of hydrogen-bond acceptors (Lipinski definition) is 3. The lowest BCUT2D eigenvalue weighted by molar-refractivity contribution is -0.141.